The standard InChI is InChI=1S/C12H25NO3/c1-4-12(14)11-13(7-9-15-5-2)8-10-16-6-3/h4-11H2,1-3H3. The molecule has 0 saturated carbocycles. The molecule has 96 valence electrons. The number of hydrogen-bond donors (Lipinski definition) is 0. The van der Waals surface area contributed by atoms with Crippen molar-refractivity contribution >= 4 is 5.78 Å². The molecule has 0 aromatic rings. The van der Waals surface area contributed by atoms with Gasteiger partial charge in [0, 0.05) is 32.7 Å². The van der Waals surface area contributed by atoms with Crippen LogP contribution in [0.4, 0.5) is 0 Å². The highest BCUT2D eigenvalue weighted by molar-refractivity contribution is 5.80. The largest absolute Gasteiger partial charge is 0.380 e. The van der Waals surface area contributed by atoms with Gasteiger partial charge >= 0.3 is 0 Å². The summed E-state index contributed by atoms with van der Waals surface area (Å²) in [7, 11) is 0. The quantitative estimate of drug-likeness (QED) is 0.503. The third-order valence-electron chi connectivity index (χ3n) is 2.31. The molecule has 0 amide bonds. The molecule has 0 spiro atoms. The first-order valence-corrected chi connectivity index (χ1v) is 6.14. The summed E-state index contributed by atoms with van der Waals surface area (Å²) in [5.41, 5.74) is 0. The number of hydrogen-bond acceptors (Lipinski definition) is 4. The van der Waals surface area contributed by atoms with E-state index in [4.69, 9.17) is 9.47 Å². The predicted octanol–water partition coefficient (Wildman–Crippen LogP) is 1.34. The van der Waals surface area contributed by atoms with Gasteiger partial charge in [0.15, 0.2) is 0 Å². The second kappa shape index (κ2) is 11.0. The van der Waals surface area contributed by atoms with Gasteiger partial charge in [-0.2, -0.15) is 0 Å². The lowest BCUT2D eigenvalue weighted by atomic mass is 10.3. The molecule has 0 heterocycles. The van der Waals surface area contributed by atoms with Crippen molar-refractivity contribution in [3.63, 3.8) is 0 Å². The molecule has 0 bridgehead atoms. The van der Waals surface area contributed by atoms with Crippen molar-refractivity contribution in [1.82, 2.24) is 4.90 Å². The van der Waals surface area contributed by atoms with Crippen molar-refractivity contribution in [2.24, 2.45) is 0 Å². The molecular formula is C12H25NO3. The van der Waals surface area contributed by atoms with Gasteiger partial charge < -0.3 is 9.47 Å². The Balaban J connectivity index is 3.80. The van der Waals surface area contributed by atoms with Gasteiger partial charge in [-0.15, -0.1) is 0 Å². The van der Waals surface area contributed by atoms with Crippen molar-refractivity contribution in [2.75, 3.05) is 46.1 Å². The van der Waals surface area contributed by atoms with E-state index in [2.05, 4.69) is 4.90 Å². The lowest BCUT2D eigenvalue weighted by molar-refractivity contribution is -0.120. The van der Waals surface area contributed by atoms with Crippen LogP contribution in [-0.4, -0.2) is 56.7 Å². The zero-order valence-electron chi connectivity index (χ0n) is 10.8. The third-order valence-corrected chi connectivity index (χ3v) is 2.31. The van der Waals surface area contributed by atoms with E-state index in [9.17, 15) is 4.79 Å². The fraction of sp³-hybridized carbons (Fsp3) is 0.917. The van der Waals surface area contributed by atoms with Crippen molar-refractivity contribution < 1.29 is 14.3 Å². The zero-order chi connectivity index (χ0) is 12.2. The van der Waals surface area contributed by atoms with E-state index in [0.717, 1.165) is 26.3 Å². The minimum atomic E-state index is 0.271. The topological polar surface area (TPSA) is 38.8 Å². The fourth-order valence-electron chi connectivity index (χ4n) is 1.31. The maximum Gasteiger partial charge on any atom is 0.146 e. The molecular weight excluding hydrogens is 206 g/mol. The molecule has 4 heteroatoms. The van der Waals surface area contributed by atoms with Gasteiger partial charge in [0.25, 0.3) is 0 Å². The highest BCUT2D eigenvalue weighted by Gasteiger charge is 2.08. The molecule has 0 unspecified atom stereocenters. The minimum Gasteiger partial charge on any atom is -0.380 e. The number of carbonyl (C=O) groups excluding carboxylic acids is 1. The van der Waals surface area contributed by atoms with Gasteiger partial charge in [0.1, 0.15) is 5.78 Å². The average Bonchev–Trinajstić information content (AvgIpc) is 2.29. The molecule has 0 aliphatic rings. The van der Waals surface area contributed by atoms with Gasteiger partial charge in [-0.3, -0.25) is 9.69 Å². The van der Waals surface area contributed by atoms with E-state index in [-0.39, 0.29) is 5.78 Å². The Morgan fingerprint density at radius 1 is 1.00 bits per heavy atom. The van der Waals surface area contributed by atoms with Gasteiger partial charge in [-0.25, -0.2) is 0 Å². The number of Topliss-reactive ketones (excluding diaryl/α,β-unsaturated/α-hetero) is 1. The number of ketones is 1. The molecule has 0 aromatic heterocycles. The first-order chi connectivity index (χ1) is 7.74. The van der Waals surface area contributed by atoms with E-state index < -0.39 is 0 Å². The van der Waals surface area contributed by atoms with Crippen LogP contribution in [-0.2, 0) is 14.3 Å². The maximum absolute atomic E-state index is 11.4. The Morgan fingerprint density at radius 2 is 1.50 bits per heavy atom. The van der Waals surface area contributed by atoms with Crippen LogP contribution < -0.4 is 0 Å². The van der Waals surface area contributed by atoms with Crippen molar-refractivity contribution in [3.8, 4) is 0 Å². The van der Waals surface area contributed by atoms with Crippen molar-refractivity contribution in [1.29, 1.82) is 0 Å². The Hall–Kier alpha value is -0.450. The van der Waals surface area contributed by atoms with E-state index in [1.165, 1.54) is 0 Å². The number of carbonyl (C=O) groups is 1. The summed E-state index contributed by atoms with van der Waals surface area (Å²) < 4.78 is 10.6. The number of rotatable bonds is 11. The minimum absolute atomic E-state index is 0.271. The summed E-state index contributed by atoms with van der Waals surface area (Å²) in [6.07, 6.45) is 0.597. The Kier molecular flexibility index (Phi) is 10.7. The Morgan fingerprint density at radius 3 is 1.88 bits per heavy atom. The number of nitrogens with zero attached hydrogens (tertiary/aromatic N) is 1. The normalized spacial score (nSPS) is 11.0. The smallest absolute Gasteiger partial charge is 0.146 e. The summed E-state index contributed by atoms with van der Waals surface area (Å²) in [5.74, 6) is 0.271. The second-order valence-electron chi connectivity index (χ2n) is 3.56. The maximum atomic E-state index is 11.4. The highest BCUT2D eigenvalue weighted by Crippen LogP contribution is 1.93. The first kappa shape index (κ1) is 15.6. The fourth-order valence-corrected chi connectivity index (χ4v) is 1.31. The lowest BCUT2D eigenvalue weighted by Gasteiger charge is -2.20. The van der Waals surface area contributed by atoms with E-state index >= 15 is 0 Å². The van der Waals surface area contributed by atoms with Gasteiger partial charge in [0.2, 0.25) is 0 Å². The van der Waals surface area contributed by atoms with E-state index in [1.54, 1.807) is 0 Å². The van der Waals surface area contributed by atoms with Crippen LogP contribution in [0.25, 0.3) is 0 Å². The summed E-state index contributed by atoms with van der Waals surface area (Å²) >= 11 is 0. The molecule has 0 radical (unpaired) electrons. The van der Waals surface area contributed by atoms with Crippen LogP contribution in [0.15, 0.2) is 0 Å². The molecule has 0 atom stereocenters. The summed E-state index contributed by atoms with van der Waals surface area (Å²) in [6, 6.07) is 0. The van der Waals surface area contributed by atoms with Crippen molar-refractivity contribution in [3.05, 3.63) is 0 Å². The monoisotopic (exact) mass is 231 g/mol. The molecule has 16 heavy (non-hydrogen) atoms. The van der Waals surface area contributed by atoms with Gasteiger partial charge in [-0.05, 0) is 13.8 Å². The average molecular weight is 231 g/mol. The Bertz CT molecular complexity index is 164. The van der Waals surface area contributed by atoms with E-state index in [1.807, 2.05) is 20.8 Å². The predicted molar refractivity (Wildman–Crippen MR) is 64.7 cm³/mol. The van der Waals surface area contributed by atoms with Gasteiger partial charge in [-0.1, -0.05) is 6.92 Å². The molecule has 0 N–H and O–H groups in total. The van der Waals surface area contributed by atoms with Gasteiger partial charge in [0.05, 0.1) is 19.8 Å². The molecule has 0 rings (SSSR count). The molecule has 0 aliphatic carbocycles. The SMILES string of the molecule is CCOCCN(CCOCC)CC(=O)CC. The number of ether oxygens (including phenoxy) is 2. The van der Waals surface area contributed by atoms with Crippen LogP contribution in [0, 0.1) is 0 Å². The lowest BCUT2D eigenvalue weighted by Crippen LogP contribution is -2.35. The summed E-state index contributed by atoms with van der Waals surface area (Å²) in [5, 5.41) is 0. The van der Waals surface area contributed by atoms with Crippen LogP contribution in [0.2, 0.25) is 0 Å². The zero-order valence-corrected chi connectivity index (χ0v) is 10.8. The molecule has 0 fully saturated rings. The molecule has 0 aromatic carbocycles. The molecule has 0 aliphatic heterocycles. The second-order valence-corrected chi connectivity index (χ2v) is 3.56. The summed E-state index contributed by atoms with van der Waals surface area (Å²) in [6.45, 7) is 10.8. The van der Waals surface area contributed by atoms with Crippen LogP contribution in [0.1, 0.15) is 27.2 Å². The highest BCUT2D eigenvalue weighted by atomic mass is 16.5. The first-order valence-electron chi connectivity index (χ1n) is 6.14. The summed E-state index contributed by atoms with van der Waals surface area (Å²) in [4.78, 5) is 13.5. The third kappa shape index (κ3) is 8.83. The molecule has 0 saturated heterocycles. The van der Waals surface area contributed by atoms with Crippen molar-refractivity contribution in [2.45, 2.75) is 27.2 Å². The Labute approximate surface area is 98.9 Å². The van der Waals surface area contributed by atoms with E-state index in [0.29, 0.717) is 26.2 Å². The molecule has 4 nitrogen and oxygen atoms in total. The van der Waals surface area contributed by atoms with Crippen LogP contribution in [0.3, 0.4) is 0 Å². The van der Waals surface area contributed by atoms with Crippen LogP contribution >= 0.6 is 0 Å². The van der Waals surface area contributed by atoms with Crippen LogP contribution in [0.5, 0.6) is 0 Å².